The number of hydrogen-bond acceptors (Lipinski definition) is 6. The third-order valence-corrected chi connectivity index (χ3v) is 4.30. The number of anilines is 1. The number of rotatable bonds is 5. The fourth-order valence-electron chi connectivity index (χ4n) is 2.76. The number of hydrazine groups is 1. The van der Waals surface area contributed by atoms with E-state index in [-0.39, 0.29) is 5.91 Å². The highest BCUT2D eigenvalue weighted by molar-refractivity contribution is 6.30. The Morgan fingerprint density at radius 3 is 2.82 bits per heavy atom. The minimum atomic E-state index is -0.355. The summed E-state index contributed by atoms with van der Waals surface area (Å²) in [4.78, 5) is 21.0. The number of aromatic nitrogens is 4. The van der Waals surface area contributed by atoms with Gasteiger partial charge in [-0.05, 0) is 30.3 Å². The van der Waals surface area contributed by atoms with Crippen molar-refractivity contribution < 1.29 is 9.53 Å². The molecule has 28 heavy (non-hydrogen) atoms. The summed E-state index contributed by atoms with van der Waals surface area (Å²) in [5.41, 5.74) is 7.20. The Morgan fingerprint density at radius 2 is 2.00 bits per heavy atom. The molecule has 0 saturated carbocycles. The predicted octanol–water partition coefficient (Wildman–Crippen LogP) is 3.23. The molecule has 0 spiro atoms. The Bertz CT molecular complexity index is 1160. The van der Waals surface area contributed by atoms with Gasteiger partial charge in [0, 0.05) is 5.02 Å². The van der Waals surface area contributed by atoms with Gasteiger partial charge in [0.2, 0.25) is 0 Å². The van der Waals surface area contributed by atoms with Crippen LogP contribution in [0.5, 0.6) is 5.75 Å². The molecule has 0 aliphatic heterocycles. The van der Waals surface area contributed by atoms with Crippen LogP contribution in [0.4, 0.5) is 5.82 Å². The van der Waals surface area contributed by atoms with Crippen LogP contribution in [0.3, 0.4) is 0 Å². The molecule has 0 bridgehead atoms. The van der Waals surface area contributed by atoms with Gasteiger partial charge in [0.15, 0.2) is 11.5 Å². The van der Waals surface area contributed by atoms with E-state index in [0.29, 0.717) is 33.2 Å². The predicted molar refractivity (Wildman–Crippen MR) is 106 cm³/mol. The summed E-state index contributed by atoms with van der Waals surface area (Å²) in [5.74, 6) is 0.538. The molecule has 0 radical (unpaired) electrons. The van der Waals surface area contributed by atoms with E-state index in [1.54, 1.807) is 47.3 Å². The van der Waals surface area contributed by atoms with Crippen molar-refractivity contribution in [3.8, 4) is 11.4 Å². The monoisotopic (exact) mass is 394 g/mol. The van der Waals surface area contributed by atoms with Gasteiger partial charge < -0.3 is 4.74 Å². The van der Waals surface area contributed by atoms with E-state index in [9.17, 15) is 4.79 Å². The molecule has 4 rings (SSSR count). The molecule has 9 heteroatoms. The molecule has 0 aliphatic carbocycles. The summed E-state index contributed by atoms with van der Waals surface area (Å²) in [7, 11) is 1.51. The number of amides is 1. The minimum absolute atomic E-state index is 0.355. The molecule has 0 atom stereocenters. The van der Waals surface area contributed by atoms with E-state index >= 15 is 0 Å². The molecular formula is C19H15ClN6O2. The number of ether oxygens (including phenoxy) is 1. The molecule has 2 aromatic carbocycles. The number of halogens is 1. The molecule has 0 fully saturated rings. The standard InChI is InChI=1S/C19H15ClN6O2/c1-28-16-8-3-2-7-14(16)19(27)25-24-17-15-10-23-26(18(15)22-11-21-17)13-6-4-5-12(20)9-13/h2-11H,1H3,(H,25,27)(H,21,22,24). The molecule has 2 N–H and O–H groups in total. The van der Waals surface area contributed by atoms with Crippen molar-refractivity contribution in [2.24, 2.45) is 0 Å². The highest BCUT2D eigenvalue weighted by atomic mass is 35.5. The van der Waals surface area contributed by atoms with Crippen LogP contribution in [0.1, 0.15) is 10.4 Å². The van der Waals surface area contributed by atoms with Crippen molar-refractivity contribution in [3.05, 3.63) is 71.6 Å². The van der Waals surface area contributed by atoms with Gasteiger partial charge in [0.1, 0.15) is 12.1 Å². The van der Waals surface area contributed by atoms with E-state index in [2.05, 4.69) is 25.9 Å². The van der Waals surface area contributed by atoms with Crippen LogP contribution in [0.15, 0.2) is 61.1 Å². The molecule has 2 heterocycles. The Labute approximate surface area is 165 Å². The largest absolute Gasteiger partial charge is 0.496 e. The maximum atomic E-state index is 12.5. The summed E-state index contributed by atoms with van der Waals surface area (Å²) >= 11 is 6.07. The molecule has 1 amide bonds. The number of carbonyl (C=O) groups excluding carboxylic acids is 1. The average Bonchev–Trinajstić information content (AvgIpc) is 3.16. The highest BCUT2D eigenvalue weighted by Crippen LogP contribution is 2.23. The first-order chi connectivity index (χ1) is 13.7. The Hall–Kier alpha value is -3.65. The second-order valence-corrected chi connectivity index (χ2v) is 6.21. The van der Waals surface area contributed by atoms with Crippen molar-refractivity contribution in [1.29, 1.82) is 0 Å². The first-order valence-electron chi connectivity index (χ1n) is 8.31. The van der Waals surface area contributed by atoms with Crippen molar-refractivity contribution in [1.82, 2.24) is 25.2 Å². The summed E-state index contributed by atoms with van der Waals surface area (Å²) in [6.07, 6.45) is 3.01. The molecule has 0 saturated heterocycles. The summed E-state index contributed by atoms with van der Waals surface area (Å²) < 4.78 is 6.86. The Balaban J connectivity index is 1.61. The van der Waals surface area contributed by atoms with Crippen molar-refractivity contribution in [2.75, 3.05) is 12.5 Å². The lowest BCUT2D eigenvalue weighted by atomic mass is 10.2. The summed E-state index contributed by atoms with van der Waals surface area (Å²) in [5, 5.41) is 5.60. The van der Waals surface area contributed by atoms with Crippen LogP contribution >= 0.6 is 11.6 Å². The number of hydrogen-bond donors (Lipinski definition) is 2. The number of para-hydroxylation sites is 1. The van der Waals surface area contributed by atoms with Crippen LogP contribution < -0.4 is 15.6 Å². The van der Waals surface area contributed by atoms with Gasteiger partial charge >= 0.3 is 0 Å². The fraction of sp³-hybridized carbons (Fsp3) is 0.0526. The SMILES string of the molecule is COc1ccccc1C(=O)NNc1ncnc2c1cnn2-c1cccc(Cl)c1. The fourth-order valence-corrected chi connectivity index (χ4v) is 2.94. The maximum absolute atomic E-state index is 12.5. The first kappa shape index (κ1) is 17.7. The maximum Gasteiger partial charge on any atom is 0.273 e. The highest BCUT2D eigenvalue weighted by Gasteiger charge is 2.14. The third-order valence-electron chi connectivity index (χ3n) is 4.06. The number of carbonyl (C=O) groups is 1. The lowest BCUT2D eigenvalue weighted by molar-refractivity contribution is 0.0959. The van der Waals surface area contributed by atoms with Crippen LogP contribution in [-0.4, -0.2) is 32.8 Å². The lowest BCUT2D eigenvalue weighted by Crippen LogP contribution is -2.30. The zero-order valence-electron chi connectivity index (χ0n) is 14.8. The van der Waals surface area contributed by atoms with E-state index in [1.165, 1.54) is 13.4 Å². The molecular weight excluding hydrogens is 380 g/mol. The number of methoxy groups -OCH3 is 1. The first-order valence-corrected chi connectivity index (χ1v) is 8.69. The minimum Gasteiger partial charge on any atom is -0.496 e. The second kappa shape index (κ2) is 7.53. The number of nitrogens with zero attached hydrogens (tertiary/aromatic N) is 4. The van der Waals surface area contributed by atoms with Gasteiger partial charge in [-0.1, -0.05) is 29.8 Å². The smallest absolute Gasteiger partial charge is 0.273 e. The van der Waals surface area contributed by atoms with E-state index in [1.807, 2.05) is 12.1 Å². The van der Waals surface area contributed by atoms with E-state index in [4.69, 9.17) is 16.3 Å². The molecule has 140 valence electrons. The Kier molecular flexibility index (Phi) is 4.77. The second-order valence-electron chi connectivity index (χ2n) is 5.78. The lowest BCUT2D eigenvalue weighted by Gasteiger charge is -2.11. The van der Waals surface area contributed by atoms with Crippen LogP contribution in [-0.2, 0) is 0 Å². The normalized spacial score (nSPS) is 10.6. The molecule has 0 unspecified atom stereocenters. The van der Waals surface area contributed by atoms with Gasteiger partial charge in [-0.15, -0.1) is 0 Å². The van der Waals surface area contributed by atoms with Gasteiger partial charge in [-0.25, -0.2) is 14.6 Å². The number of nitrogens with one attached hydrogen (secondary N) is 2. The third kappa shape index (κ3) is 3.33. The molecule has 8 nitrogen and oxygen atoms in total. The van der Waals surface area contributed by atoms with Gasteiger partial charge in [-0.3, -0.25) is 15.6 Å². The number of fused-ring (bicyclic) bond motifs is 1. The van der Waals surface area contributed by atoms with Crippen LogP contribution in [0.25, 0.3) is 16.7 Å². The molecule has 4 aromatic rings. The van der Waals surface area contributed by atoms with Crippen LogP contribution in [0.2, 0.25) is 5.02 Å². The van der Waals surface area contributed by atoms with Gasteiger partial charge in [-0.2, -0.15) is 5.10 Å². The zero-order chi connectivity index (χ0) is 19.5. The topological polar surface area (TPSA) is 94.0 Å². The van der Waals surface area contributed by atoms with Crippen LogP contribution in [0, 0.1) is 0 Å². The summed E-state index contributed by atoms with van der Waals surface area (Å²) in [6, 6.07) is 14.2. The zero-order valence-corrected chi connectivity index (χ0v) is 15.5. The van der Waals surface area contributed by atoms with Crippen molar-refractivity contribution in [2.45, 2.75) is 0 Å². The number of benzene rings is 2. The van der Waals surface area contributed by atoms with Crippen molar-refractivity contribution >= 4 is 34.4 Å². The van der Waals surface area contributed by atoms with Crippen molar-refractivity contribution in [3.63, 3.8) is 0 Å². The van der Waals surface area contributed by atoms with Gasteiger partial charge in [0.25, 0.3) is 5.91 Å². The van der Waals surface area contributed by atoms with E-state index in [0.717, 1.165) is 5.69 Å². The van der Waals surface area contributed by atoms with Gasteiger partial charge in [0.05, 0.1) is 29.9 Å². The van der Waals surface area contributed by atoms with E-state index < -0.39 is 0 Å². The summed E-state index contributed by atoms with van der Waals surface area (Å²) in [6.45, 7) is 0. The average molecular weight is 395 g/mol. The quantitative estimate of drug-likeness (QED) is 0.505. The molecule has 2 aromatic heterocycles. The Morgan fingerprint density at radius 1 is 1.14 bits per heavy atom. The molecule has 0 aliphatic rings.